The van der Waals surface area contributed by atoms with Crippen molar-refractivity contribution in [3.05, 3.63) is 23.1 Å². The van der Waals surface area contributed by atoms with Crippen molar-refractivity contribution in [2.75, 3.05) is 7.11 Å². The van der Waals surface area contributed by atoms with Crippen LogP contribution in [0.2, 0.25) is 5.15 Å². The standard InChI is InChI=1S/C8H7ClN4O2/c1-15-8(14)4-7-11-10-6-3-2-5(9)12-13(6)7/h2-3H,4H2,1H3. The predicted octanol–water partition coefficient (Wildman–Crippen LogP) is 0.493. The van der Waals surface area contributed by atoms with E-state index in [2.05, 4.69) is 20.0 Å². The Morgan fingerprint density at radius 2 is 2.33 bits per heavy atom. The molecule has 2 rings (SSSR count). The van der Waals surface area contributed by atoms with Gasteiger partial charge in [0.2, 0.25) is 0 Å². The lowest BCUT2D eigenvalue weighted by molar-refractivity contribution is -0.139. The molecule has 6 nitrogen and oxygen atoms in total. The molecule has 0 atom stereocenters. The Morgan fingerprint density at radius 3 is 3.07 bits per heavy atom. The molecule has 2 heterocycles. The molecule has 0 radical (unpaired) electrons. The van der Waals surface area contributed by atoms with Gasteiger partial charge in [-0.25, -0.2) is 0 Å². The van der Waals surface area contributed by atoms with Crippen molar-refractivity contribution >= 4 is 23.2 Å². The number of carbonyl (C=O) groups excluding carboxylic acids is 1. The molecule has 0 aliphatic carbocycles. The molecule has 0 N–H and O–H groups in total. The fraction of sp³-hybridized carbons (Fsp3) is 0.250. The topological polar surface area (TPSA) is 69.4 Å². The van der Waals surface area contributed by atoms with Gasteiger partial charge in [-0.05, 0) is 12.1 Å². The maximum absolute atomic E-state index is 11.0. The Kier molecular flexibility index (Phi) is 2.51. The number of halogens is 1. The van der Waals surface area contributed by atoms with Crippen LogP contribution in [-0.2, 0) is 16.0 Å². The average molecular weight is 227 g/mol. The highest BCUT2D eigenvalue weighted by Gasteiger charge is 2.11. The summed E-state index contributed by atoms with van der Waals surface area (Å²) in [5.74, 6) is 0.00502. The number of methoxy groups -OCH3 is 1. The monoisotopic (exact) mass is 226 g/mol. The molecule has 0 fully saturated rings. The van der Waals surface area contributed by atoms with Gasteiger partial charge in [0.1, 0.15) is 11.6 Å². The second-order valence-electron chi connectivity index (χ2n) is 2.80. The molecule has 78 valence electrons. The molecule has 2 aromatic heterocycles. The summed E-state index contributed by atoms with van der Waals surface area (Å²) in [6, 6.07) is 3.27. The fourth-order valence-corrected chi connectivity index (χ4v) is 1.26. The summed E-state index contributed by atoms with van der Waals surface area (Å²) in [6.07, 6.45) is 0.0189. The highest BCUT2D eigenvalue weighted by molar-refractivity contribution is 6.29. The number of ether oxygens (including phenoxy) is 1. The number of hydrogen-bond acceptors (Lipinski definition) is 5. The summed E-state index contributed by atoms with van der Waals surface area (Å²) < 4.78 is 5.94. The Bertz CT molecular complexity index is 510. The molecule has 0 bridgehead atoms. The van der Waals surface area contributed by atoms with Crippen LogP contribution in [0.5, 0.6) is 0 Å². The second kappa shape index (κ2) is 3.82. The highest BCUT2D eigenvalue weighted by atomic mass is 35.5. The summed E-state index contributed by atoms with van der Waals surface area (Å²) >= 11 is 5.71. The number of esters is 1. The SMILES string of the molecule is COC(=O)Cc1nnc2ccc(Cl)nn12. The van der Waals surface area contributed by atoms with Crippen molar-refractivity contribution in [2.45, 2.75) is 6.42 Å². The molecule has 0 amide bonds. The average Bonchev–Trinajstić information content (AvgIpc) is 2.61. The summed E-state index contributed by atoms with van der Waals surface area (Å²) in [5, 5.41) is 11.9. The van der Waals surface area contributed by atoms with Crippen LogP contribution >= 0.6 is 11.6 Å². The first-order chi connectivity index (χ1) is 7.20. The van der Waals surface area contributed by atoms with Crippen molar-refractivity contribution in [1.82, 2.24) is 19.8 Å². The second-order valence-corrected chi connectivity index (χ2v) is 3.18. The van der Waals surface area contributed by atoms with Crippen LogP contribution in [0.15, 0.2) is 12.1 Å². The van der Waals surface area contributed by atoms with E-state index in [-0.39, 0.29) is 6.42 Å². The first kappa shape index (κ1) is 9.85. The van der Waals surface area contributed by atoms with Crippen LogP contribution in [0.4, 0.5) is 0 Å². The van der Waals surface area contributed by atoms with Gasteiger partial charge in [0.25, 0.3) is 0 Å². The highest BCUT2D eigenvalue weighted by Crippen LogP contribution is 2.07. The predicted molar refractivity (Wildman–Crippen MR) is 51.5 cm³/mol. The van der Waals surface area contributed by atoms with Crippen LogP contribution in [0.25, 0.3) is 5.65 Å². The molecule has 7 heteroatoms. The fourth-order valence-electron chi connectivity index (χ4n) is 1.12. The van der Waals surface area contributed by atoms with E-state index in [9.17, 15) is 4.79 Å². The molecule has 0 unspecified atom stereocenters. The molecular formula is C8H7ClN4O2. The van der Waals surface area contributed by atoms with Crippen molar-refractivity contribution in [1.29, 1.82) is 0 Å². The van der Waals surface area contributed by atoms with Gasteiger partial charge in [-0.1, -0.05) is 11.6 Å². The number of nitrogens with zero attached hydrogens (tertiary/aromatic N) is 4. The summed E-state index contributed by atoms with van der Waals surface area (Å²) in [6.45, 7) is 0. The molecule has 0 aliphatic rings. The molecule has 0 spiro atoms. The van der Waals surface area contributed by atoms with E-state index in [4.69, 9.17) is 11.6 Å². The van der Waals surface area contributed by atoms with Crippen molar-refractivity contribution in [3.63, 3.8) is 0 Å². The number of hydrogen-bond donors (Lipinski definition) is 0. The van der Waals surface area contributed by atoms with Gasteiger partial charge < -0.3 is 4.74 Å². The maximum Gasteiger partial charge on any atom is 0.313 e. The lowest BCUT2D eigenvalue weighted by Crippen LogP contribution is -2.09. The lowest BCUT2D eigenvalue weighted by atomic mass is 10.4. The smallest absolute Gasteiger partial charge is 0.313 e. The third-order valence-corrected chi connectivity index (χ3v) is 2.03. The Hall–Kier alpha value is -1.69. The molecule has 0 aliphatic heterocycles. The zero-order chi connectivity index (χ0) is 10.8. The van der Waals surface area contributed by atoms with E-state index in [1.165, 1.54) is 11.6 Å². The molecule has 0 saturated heterocycles. The van der Waals surface area contributed by atoms with E-state index < -0.39 is 5.97 Å². The Labute approximate surface area is 89.8 Å². The molecule has 0 saturated carbocycles. The lowest BCUT2D eigenvalue weighted by Gasteiger charge is -1.97. The third-order valence-electron chi connectivity index (χ3n) is 1.82. The first-order valence-corrected chi connectivity index (χ1v) is 4.52. The van der Waals surface area contributed by atoms with E-state index in [0.29, 0.717) is 16.6 Å². The number of rotatable bonds is 2. The van der Waals surface area contributed by atoms with Crippen LogP contribution < -0.4 is 0 Å². The van der Waals surface area contributed by atoms with Crippen LogP contribution in [-0.4, -0.2) is 32.9 Å². The van der Waals surface area contributed by atoms with Crippen molar-refractivity contribution in [3.8, 4) is 0 Å². The minimum absolute atomic E-state index is 0.0189. The zero-order valence-corrected chi connectivity index (χ0v) is 8.60. The van der Waals surface area contributed by atoms with E-state index >= 15 is 0 Å². The minimum atomic E-state index is -0.397. The van der Waals surface area contributed by atoms with Crippen molar-refractivity contribution < 1.29 is 9.53 Å². The van der Waals surface area contributed by atoms with E-state index in [1.807, 2.05) is 0 Å². The van der Waals surface area contributed by atoms with Gasteiger partial charge in [0, 0.05) is 0 Å². The first-order valence-electron chi connectivity index (χ1n) is 4.14. The number of fused-ring (bicyclic) bond motifs is 1. The maximum atomic E-state index is 11.0. The molecule has 2 aromatic rings. The summed E-state index contributed by atoms with van der Waals surface area (Å²) in [7, 11) is 1.31. The van der Waals surface area contributed by atoms with Crippen LogP contribution in [0.3, 0.4) is 0 Å². The van der Waals surface area contributed by atoms with Crippen molar-refractivity contribution in [2.24, 2.45) is 0 Å². The number of carbonyl (C=O) groups is 1. The van der Waals surface area contributed by atoms with Crippen LogP contribution in [0, 0.1) is 0 Å². The van der Waals surface area contributed by atoms with Gasteiger partial charge in [-0.15, -0.1) is 10.2 Å². The zero-order valence-electron chi connectivity index (χ0n) is 7.85. The Balaban J connectivity index is 2.43. The largest absolute Gasteiger partial charge is 0.469 e. The van der Waals surface area contributed by atoms with E-state index in [1.54, 1.807) is 12.1 Å². The molecular weight excluding hydrogens is 220 g/mol. The van der Waals surface area contributed by atoms with Gasteiger partial charge in [-0.2, -0.15) is 9.61 Å². The Morgan fingerprint density at radius 1 is 1.53 bits per heavy atom. The van der Waals surface area contributed by atoms with Gasteiger partial charge in [0.05, 0.1) is 7.11 Å². The third kappa shape index (κ3) is 1.89. The van der Waals surface area contributed by atoms with Gasteiger partial charge in [-0.3, -0.25) is 4.79 Å². The van der Waals surface area contributed by atoms with Crippen LogP contribution in [0.1, 0.15) is 5.82 Å². The summed E-state index contributed by atoms with van der Waals surface area (Å²) in [4.78, 5) is 11.0. The van der Waals surface area contributed by atoms with E-state index in [0.717, 1.165) is 0 Å². The number of aromatic nitrogens is 4. The van der Waals surface area contributed by atoms with Gasteiger partial charge in [0.15, 0.2) is 11.5 Å². The normalized spacial score (nSPS) is 10.5. The minimum Gasteiger partial charge on any atom is -0.469 e. The summed E-state index contributed by atoms with van der Waals surface area (Å²) in [5.41, 5.74) is 0.540. The quantitative estimate of drug-likeness (QED) is 0.698. The van der Waals surface area contributed by atoms with Gasteiger partial charge >= 0.3 is 5.97 Å². The molecule has 0 aromatic carbocycles. The molecule has 15 heavy (non-hydrogen) atoms.